The Bertz CT molecular complexity index is 1070. The molecular formula is C24H29N5O4. The highest BCUT2D eigenvalue weighted by Gasteiger charge is 2.29. The van der Waals surface area contributed by atoms with E-state index in [1.54, 1.807) is 0 Å². The summed E-state index contributed by atoms with van der Waals surface area (Å²) in [6.07, 6.45) is 6.25. The molecule has 33 heavy (non-hydrogen) atoms. The van der Waals surface area contributed by atoms with Crippen molar-refractivity contribution in [3.05, 3.63) is 71.4 Å². The third kappa shape index (κ3) is 6.96. The van der Waals surface area contributed by atoms with Crippen molar-refractivity contribution < 1.29 is 19.8 Å². The van der Waals surface area contributed by atoms with Crippen molar-refractivity contribution in [3.63, 3.8) is 0 Å². The lowest BCUT2D eigenvalue weighted by atomic mass is 9.99. The van der Waals surface area contributed by atoms with Gasteiger partial charge in [0, 0.05) is 57.1 Å². The molecule has 2 aliphatic heterocycles. The van der Waals surface area contributed by atoms with Crippen molar-refractivity contribution in [1.29, 1.82) is 0 Å². The van der Waals surface area contributed by atoms with Crippen LogP contribution in [-0.2, 0) is 9.59 Å². The molecule has 0 radical (unpaired) electrons. The number of hydrogen-bond donors (Lipinski definition) is 3. The summed E-state index contributed by atoms with van der Waals surface area (Å²) in [5, 5.41) is 18.0. The van der Waals surface area contributed by atoms with Crippen molar-refractivity contribution in [3.8, 4) is 0 Å². The van der Waals surface area contributed by atoms with Crippen LogP contribution in [0.3, 0.4) is 0 Å². The zero-order valence-electron chi connectivity index (χ0n) is 18.3. The fourth-order valence-corrected chi connectivity index (χ4v) is 4.02. The lowest BCUT2D eigenvalue weighted by Gasteiger charge is -2.41. The Hall–Kier alpha value is -3.56. The average molecular weight is 452 g/mol. The van der Waals surface area contributed by atoms with Gasteiger partial charge in [-0.1, -0.05) is 30.3 Å². The predicted molar refractivity (Wildman–Crippen MR) is 125 cm³/mol. The van der Waals surface area contributed by atoms with E-state index in [2.05, 4.69) is 51.2 Å². The quantitative estimate of drug-likeness (QED) is 0.528. The number of carbonyl (C=O) groups is 2. The smallest absolute Gasteiger partial charge is 0.328 e. The first kappa shape index (κ1) is 24.1. The molecular weight excluding hydrogens is 422 g/mol. The van der Waals surface area contributed by atoms with Crippen LogP contribution >= 0.6 is 0 Å². The number of hydrogen-bond acceptors (Lipinski definition) is 7. The molecule has 0 amide bonds. The third-order valence-corrected chi connectivity index (χ3v) is 5.63. The van der Waals surface area contributed by atoms with E-state index in [0.29, 0.717) is 24.7 Å². The number of rotatable bonds is 6. The second kappa shape index (κ2) is 11.9. The Morgan fingerprint density at radius 1 is 1.03 bits per heavy atom. The van der Waals surface area contributed by atoms with E-state index in [-0.39, 0.29) is 6.04 Å². The minimum Gasteiger partial charge on any atom is -0.478 e. The maximum atomic E-state index is 9.55. The summed E-state index contributed by atoms with van der Waals surface area (Å²) < 4.78 is 0. The summed E-state index contributed by atoms with van der Waals surface area (Å²) >= 11 is 0. The topological polar surface area (TPSA) is 132 Å². The Labute approximate surface area is 192 Å². The van der Waals surface area contributed by atoms with E-state index < -0.39 is 11.9 Å². The van der Waals surface area contributed by atoms with Crippen LogP contribution in [0, 0.1) is 0 Å². The second-order valence-electron chi connectivity index (χ2n) is 7.72. The van der Waals surface area contributed by atoms with Gasteiger partial charge in [0.15, 0.2) is 0 Å². The molecule has 4 rings (SSSR count). The fraction of sp³-hybridized carbons (Fsp3) is 0.333. The van der Waals surface area contributed by atoms with E-state index >= 15 is 0 Å². The summed E-state index contributed by atoms with van der Waals surface area (Å²) in [4.78, 5) is 33.4. The molecule has 2 atom stereocenters. The summed E-state index contributed by atoms with van der Waals surface area (Å²) in [5.74, 6) is -1.45. The summed E-state index contributed by atoms with van der Waals surface area (Å²) in [6.45, 7) is 4.63. The minimum atomic E-state index is -1.26. The Kier molecular flexibility index (Phi) is 8.68. The second-order valence-corrected chi connectivity index (χ2v) is 7.72. The van der Waals surface area contributed by atoms with E-state index in [1.807, 2.05) is 18.3 Å². The normalized spacial score (nSPS) is 18.8. The van der Waals surface area contributed by atoms with Gasteiger partial charge in [-0.25, -0.2) is 14.6 Å². The molecule has 9 heteroatoms. The molecule has 0 saturated carbocycles. The highest BCUT2D eigenvalue weighted by molar-refractivity contribution is 5.89. The van der Waals surface area contributed by atoms with Gasteiger partial charge in [-0.15, -0.1) is 0 Å². The molecule has 3 heterocycles. The number of nitrogens with two attached hydrogens (primary N) is 1. The Morgan fingerprint density at radius 3 is 2.30 bits per heavy atom. The van der Waals surface area contributed by atoms with Gasteiger partial charge in [0.05, 0.1) is 11.4 Å². The van der Waals surface area contributed by atoms with E-state index in [9.17, 15) is 9.59 Å². The number of fused-ring (bicyclic) bond motifs is 1. The predicted octanol–water partition coefficient (Wildman–Crippen LogP) is 0.115. The number of carboxylic acid groups (broad SMARTS) is 2. The summed E-state index contributed by atoms with van der Waals surface area (Å²) in [5.41, 5.74) is 6.16. The minimum absolute atomic E-state index is 0.251. The molecule has 2 aliphatic rings. The first-order valence-corrected chi connectivity index (χ1v) is 10.8. The van der Waals surface area contributed by atoms with Gasteiger partial charge in [0.1, 0.15) is 5.82 Å². The van der Waals surface area contributed by atoms with Crippen LogP contribution in [0.2, 0.25) is 0 Å². The number of aliphatic carboxylic acids is 2. The standard InChI is InChI=1S/C20H25N5.C4H4O4/c21-15-19(18-9-8-16-5-1-2-6-17(16)23-18)24-11-13-25(14-12-24)20-7-3-4-10-22-20;5-3(6)1-2-4(7)8/h1-8,10,18-19H,9,11-15,21H2;1-2H,(H,5,6)(H,7,8)/b;2-1+. The lowest BCUT2D eigenvalue weighted by Crippen LogP contribution is -2.56. The SMILES string of the molecule is NCC(C1CC=c2ccccc2=N1)N1CCN(c2ccccn2)CC1.O=C(O)/C=C/C(=O)O. The molecule has 4 N–H and O–H groups in total. The maximum absolute atomic E-state index is 9.55. The van der Waals surface area contributed by atoms with E-state index in [4.69, 9.17) is 20.9 Å². The number of anilines is 1. The molecule has 2 unspecified atom stereocenters. The van der Waals surface area contributed by atoms with E-state index in [0.717, 1.165) is 43.8 Å². The van der Waals surface area contributed by atoms with Crippen LogP contribution in [0.1, 0.15) is 6.42 Å². The van der Waals surface area contributed by atoms with Crippen molar-refractivity contribution in [2.45, 2.75) is 18.5 Å². The van der Waals surface area contributed by atoms with Gasteiger partial charge < -0.3 is 20.8 Å². The van der Waals surface area contributed by atoms with Gasteiger partial charge in [-0.05, 0) is 29.8 Å². The molecule has 2 aromatic rings. The molecule has 1 saturated heterocycles. The number of para-hydroxylation sites is 1. The van der Waals surface area contributed by atoms with Crippen LogP contribution in [0.25, 0.3) is 6.08 Å². The van der Waals surface area contributed by atoms with Crippen molar-refractivity contribution in [2.75, 3.05) is 37.6 Å². The van der Waals surface area contributed by atoms with Crippen LogP contribution < -0.4 is 21.2 Å². The molecule has 9 nitrogen and oxygen atoms in total. The first-order chi connectivity index (χ1) is 16.0. The van der Waals surface area contributed by atoms with Crippen LogP contribution in [0.4, 0.5) is 5.82 Å². The van der Waals surface area contributed by atoms with Crippen molar-refractivity contribution in [2.24, 2.45) is 10.7 Å². The van der Waals surface area contributed by atoms with Crippen LogP contribution in [0.5, 0.6) is 0 Å². The molecule has 1 aromatic carbocycles. The fourth-order valence-electron chi connectivity index (χ4n) is 4.02. The van der Waals surface area contributed by atoms with Gasteiger partial charge in [-0.3, -0.25) is 9.89 Å². The first-order valence-electron chi connectivity index (χ1n) is 10.8. The van der Waals surface area contributed by atoms with Crippen molar-refractivity contribution in [1.82, 2.24) is 9.88 Å². The zero-order valence-corrected chi connectivity index (χ0v) is 18.3. The largest absolute Gasteiger partial charge is 0.478 e. The van der Waals surface area contributed by atoms with Gasteiger partial charge in [-0.2, -0.15) is 0 Å². The zero-order chi connectivity index (χ0) is 23.6. The number of aromatic nitrogens is 1. The van der Waals surface area contributed by atoms with Crippen molar-refractivity contribution >= 4 is 23.8 Å². The van der Waals surface area contributed by atoms with Gasteiger partial charge in [0.25, 0.3) is 0 Å². The monoisotopic (exact) mass is 451 g/mol. The number of nitrogens with zero attached hydrogens (tertiary/aromatic N) is 4. The summed E-state index contributed by atoms with van der Waals surface area (Å²) in [6, 6.07) is 15.0. The third-order valence-electron chi connectivity index (χ3n) is 5.63. The number of carboxylic acids is 2. The lowest BCUT2D eigenvalue weighted by molar-refractivity contribution is -0.134. The molecule has 0 aliphatic carbocycles. The average Bonchev–Trinajstić information content (AvgIpc) is 2.84. The number of piperazine rings is 1. The molecule has 1 fully saturated rings. The number of pyridine rings is 1. The summed E-state index contributed by atoms with van der Waals surface area (Å²) in [7, 11) is 0. The molecule has 174 valence electrons. The molecule has 1 aromatic heterocycles. The van der Waals surface area contributed by atoms with Gasteiger partial charge >= 0.3 is 11.9 Å². The Morgan fingerprint density at radius 2 is 1.70 bits per heavy atom. The highest BCUT2D eigenvalue weighted by atomic mass is 16.4. The molecule has 0 bridgehead atoms. The molecule has 0 spiro atoms. The highest BCUT2D eigenvalue weighted by Crippen LogP contribution is 2.18. The van der Waals surface area contributed by atoms with Crippen LogP contribution in [0.15, 0.2) is 65.8 Å². The van der Waals surface area contributed by atoms with Crippen LogP contribution in [-0.4, -0.2) is 76.8 Å². The number of benzene rings is 1. The Balaban J connectivity index is 0.000000331. The van der Waals surface area contributed by atoms with E-state index in [1.165, 1.54) is 5.22 Å². The maximum Gasteiger partial charge on any atom is 0.328 e. The van der Waals surface area contributed by atoms with Gasteiger partial charge in [0.2, 0.25) is 0 Å².